The second-order valence-electron chi connectivity index (χ2n) is 5.44. The van der Waals surface area contributed by atoms with Gasteiger partial charge in [0.2, 0.25) is 11.8 Å². The van der Waals surface area contributed by atoms with Gasteiger partial charge in [-0.2, -0.15) is 0 Å². The van der Waals surface area contributed by atoms with E-state index in [0.717, 1.165) is 11.1 Å². The largest absolute Gasteiger partial charge is 0.326 e. The van der Waals surface area contributed by atoms with Gasteiger partial charge in [-0.05, 0) is 43.2 Å². The van der Waals surface area contributed by atoms with Crippen molar-refractivity contribution in [2.75, 3.05) is 10.6 Å². The lowest BCUT2D eigenvalue weighted by atomic mass is 10.1. The fourth-order valence-electron chi connectivity index (χ4n) is 2.06. The molecule has 0 aliphatic rings. The Morgan fingerprint density at radius 2 is 1.65 bits per heavy atom. The van der Waals surface area contributed by atoms with Crippen molar-refractivity contribution < 1.29 is 9.59 Å². The van der Waals surface area contributed by atoms with Crippen LogP contribution in [0, 0.1) is 13.8 Å². The Morgan fingerprint density at radius 1 is 0.957 bits per heavy atom. The predicted molar refractivity (Wildman–Crippen MR) is 94.3 cm³/mol. The van der Waals surface area contributed by atoms with Crippen molar-refractivity contribution in [2.24, 2.45) is 0 Å². The molecule has 0 radical (unpaired) electrons. The van der Waals surface area contributed by atoms with Crippen LogP contribution in [0.15, 0.2) is 48.5 Å². The van der Waals surface area contributed by atoms with E-state index in [1.165, 1.54) is 18.6 Å². The molecule has 0 heterocycles. The third-order valence-electron chi connectivity index (χ3n) is 3.32. The molecule has 0 fully saturated rings. The first-order valence-electron chi connectivity index (χ1n) is 7.38. The molecule has 4 nitrogen and oxygen atoms in total. The van der Waals surface area contributed by atoms with E-state index in [4.69, 9.17) is 0 Å². The van der Waals surface area contributed by atoms with Crippen LogP contribution in [0.4, 0.5) is 11.4 Å². The summed E-state index contributed by atoms with van der Waals surface area (Å²) in [5.41, 5.74) is 4.41. The Kier molecular flexibility index (Phi) is 5.31. The molecule has 2 amide bonds. The number of hydrogen-bond donors (Lipinski definition) is 2. The zero-order valence-electron chi connectivity index (χ0n) is 13.5. The summed E-state index contributed by atoms with van der Waals surface area (Å²) in [4.78, 5) is 23.2. The van der Waals surface area contributed by atoms with Crippen LogP contribution in [0.2, 0.25) is 0 Å². The SMILES string of the molecule is CC(=O)Nc1cc(NC(=O)/C=C/c2ccc(C)cc2)ccc1C. The third kappa shape index (κ3) is 5.11. The molecule has 2 aromatic rings. The molecule has 0 atom stereocenters. The van der Waals surface area contributed by atoms with Crippen molar-refractivity contribution in [2.45, 2.75) is 20.8 Å². The van der Waals surface area contributed by atoms with Crippen LogP contribution < -0.4 is 10.6 Å². The maximum atomic E-state index is 12.0. The monoisotopic (exact) mass is 308 g/mol. The Hall–Kier alpha value is -2.88. The van der Waals surface area contributed by atoms with Crippen LogP contribution in [0.5, 0.6) is 0 Å². The van der Waals surface area contributed by atoms with Crippen molar-refractivity contribution in [3.8, 4) is 0 Å². The minimum Gasteiger partial charge on any atom is -0.326 e. The fourth-order valence-corrected chi connectivity index (χ4v) is 2.06. The molecule has 4 heteroatoms. The molecular weight excluding hydrogens is 288 g/mol. The summed E-state index contributed by atoms with van der Waals surface area (Å²) in [5.74, 6) is -0.362. The van der Waals surface area contributed by atoms with Gasteiger partial charge in [0.25, 0.3) is 0 Å². The van der Waals surface area contributed by atoms with E-state index in [-0.39, 0.29) is 11.8 Å². The summed E-state index contributed by atoms with van der Waals surface area (Å²) >= 11 is 0. The van der Waals surface area contributed by atoms with Gasteiger partial charge in [0.1, 0.15) is 0 Å². The molecule has 0 saturated carbocycles. The molecule has 0 bridgehead atoms. The second kappa shape index (κ2) is 7.40. The van der Waals surface area contributed by atoms with Crippen LogP contribution in [0.25, 0.3) is 6.08 Å². The molecule has 23 heavy (non-hydrogen) atoms. The lowest BCUT2D eigenvalue weighted by Crippen LogP contribution is -2.10. The first kappa shape index (κ1) is 16.5. The van der Waals surface area contributed by atoms with Crippen molar-refractivity contribution in [1.82, 2.24) is 0 Å². The van der Waals surface area contributed by atoms with Crippen LogP contribution >= 0.6 is 0 Å². The molecule has 0 unspecified atom stereocenters. The minimum absolute atomic E-state index is 0.143. The second-order valence-corrected chi connectivity index (χ2v) is 5.44. The van der Waals surface area contributed by atoms with Gasteiger partial charge >= 0.3 is 0 Å². The van der Waals surface area contributed by atoms with Crippen molar-refractivity contribution in [3.63, 3.8) is 0 Å². The minimum atomic E-state index is -0.219. The highest BCUT2D eigenvalue weighted by atomic mass is 16.2. The maximum Gasteiger partial charge on any atom is 0.248 e. The van der Waals surface area contributed by atoms with Crippen molar-refractivity contribution in [1.29, 1.82) is 0 Å². The van der Waals surface area contributed by atoms with Gasteiger partial charge in [-0.1, -0.05) is 35.9 Å². The topological polar surface area (TPSA) is 58.2 Å². The first-order valence-corrected chi connectivity index (χ1v) is 7.38. The van der Waals surface area contributed by atoms with Crippen LogP contribution in [-0.2, 0) is 9.59 Å². The van der Waals surface area contributed by atoms with Crippen LogP contribution in [0.3, 0.4) is 0 Å². The zero-order chi connectivity index (χ0) is 16.8. The lowest BCUT2D eigenvalue weighted by Gasteiger charge is -2.09. The fraction of sp³-hybridized carbons (Fsp3) is 0.158. The Bertz CT molecular complexity index is 746. The normalized spacial score (nSPS) is 10.6. The highest BCUT2D eigenvalue weighted by molar-refractivity contribution is 6.02. The van der Waals surface area contributed by atoms with Crippen LogP contribution in [0.1, 0.15) is 23.6 Å². The molecule has 0 aliphatic carbocycles. The molecular formula is C19H20N2O2. The van der Waals surface area contributed by atoms with E-state index in [0.29, 0.717) is 11.4 Å². The standard InChI is InChI=1S/C19H20N2O2/c1-13-4-7-16(8-5-13)9-11-19(23)21-17-10-6-14(2)18(12-17)20-15(3)22/h4-12H,1-3H3,(H,20,22)(H,21,23)/b11-9+. The molecule has 2 rings (SSSR count). The number of aryl methyl sites for hydroxylation is 2. The van der Waals surface area contributed by atoms with E-state index in [1.807, 2.05) is 44.2 Å². The summed E-state index contributed by atoms with van der Waals surface area (Å²) in [6.45, 7) is 5.37. The van der Waals surface area contributed by atoms with Gasteiger partial charge < -0.3 is 10.6 Å². The van der Waals surface area contributed by atoms with Crippen molar-refractivity contribution >= 4 is 29.3 Å². The highest BCUT2D eigenvalue weighted by Crippen LogP contribution is 2.20. The number of hydrogen-bond acceptors (Lipinski definition) is 2. The summed E-state index contributed by atoms with van der Waals surface area (Å²) in [7, 11) is 0. The molecule has 2 N–H and O–H groups in total. The number of nitrogens with one attached hydrogen (secondary N) is 2. The molecule has 2 aromatic carbocycles. The average Bonchev–Trinajstić information content (AvgIpc) is 2.49. The van der Waals surface area contributed by atoms with E-state index < -0.39 is 0 Å². The van der Waals surface area contributed by atoms with Gasteiger partial charge in [-0.25, -0.2) is 0 Å². The summed E-state index contributed by atoms with van der Waals surface area (Å²) < 4.78 is 0. The number of carbonyl (C=O) groups excluding carboxylic acids is 2. The Labute approximate surface area is 136 Å². The molecule has 0 spiro atoms. The lowest BCUT2D eigenvalue weighted by molar-refractivity contribution is -0.114. The van der Waals surface area contributed by atoms with Crippen LogP contribution in [-0.4, -0.2) is 11.8 Å². The van der Waals surface area contributed by atoms with Gasteiger partial charge in [-0.15, -0.1) is 0 Å². The molecule has 0 aliphatic heterocycles. The highest BCUT2D eigenvalue weighted by Gasteiger charge is 2.04. The summed E-state index contributed by atoms with van der Waals surface area (Å²) in [6, 6.07) is 13.3. The number of carbonyl (C=O) groups is 2. The predicted octanol–water partition coefficient (Wildman–Crippen LogP) is 3.91. The number of amides is 2. The molecule has 118 valence electrons. The quantitative estimate of drug-likeness (QED) is 0.841. The smallest absolute Gasteiger partial charge is 0.248 e. The Morgan fingerprint density at radius 3 is 2.30 bits per heavy atom. The zero-order valence-corrected chi connectivity index (χ0v) is 13.5. The van der Waals surface area contributed by atoms with Gasteiger partial charge in [0.05, 0.1) is 0 Å². The maximum absolute atomic E-state index is 12.0. The number of rotatable bonds is 4. The Balaban J connectivity index is 2.05. The van der Waals surface area contributed by atoms with E-state index >= 15 is 0 Å². The van der Waals surface area contributed by atoms with Gasteiger partial charge in [0, 0.05) is 24.4 Å². The van der Waals surface area contributed by atoms with Gasteiger partial charge in [0.15, 0.2) is 0 Å². The first-order chi connectivity index (χ1) is 10.9. The molecule has 0 saturated heterocycles. The summed E-state index contributed by atoms with van der Waals surface area (Å²) in [5, 5.41) is 5.53. The van der Waals surface area contributed by atoms with Gasteiger partial charge in [-0.3, -0.25) is 9.59 Å². The average molecular weight is 308 g/mol. The number of benzene rings is 2. The van der Waals surface area contributed by atoms with Crippen molar-refractivity contribution in [3.05, 3.63) is 65.2 Å². The van der Waals surface area contributed by atoms with E-state index in [2.05, 4.69) is 10.6 Å². The summed E-state index contributed by atoms with van der Waals surface area (Å²) in [6.07, 6.45) is 3.25. The van der Waals surface area contributed by atoms with E-state index in [9.17, 15) is 9.59 Å². The molecule has 0 aromatic heterocycles. The number of anilines is 2. The van der Waals surface area contributed by atoms with E-state index in [1.54, 1.807) is 18.2 Å². The third-order valence-corrected chi connectivity index (χ3v) is 3.32.